The van der Waals surface area contributed by atoms with E-state index in [0.29, 0.717) is 5.92 Å². The second-order valence-corrected chi connectivity index (χ2v) is 5.56. The molecule has 0 bridgehead atoms. The fourth-order valence-electron chi connectivity index (χ4n) is 2.80. The van der Waals surface area contributed by atoms with Crippen LogP contribution in [0, 0.1) is 5.92 Å². The second-order valence-electron chi connectivity index (χ2n) is 5.56. The average molecular weight is 285 g/mol. The highest BCUT2D eigenvalue weighted by Crippen LogP contribution is 2.21. The summed E-state index contributed by atoms with van der Waals surface area (Å²) in [5.41, 5.74) is 2.77. The molecule has 6 nitrogen and oxygen atoms in total. The molecule has 3 heterocycles. The van der Waals surface area contributed by atoms with Crippen LogP contribution >= 0.6 is 0 Å². The van der Waals surface area contributed by atoms with Gasteiger partial charge in [0.25, 0.3) is 0 Å². The molecular formula is C15H19N5O. The summed E-state index contributed by atoms with van der Waals surface area (Å²) in [6.45, 7) is 3.33. The molecule has 3 rings (SSSR count). The Hall–Kier alpha value is -2.24. The zero-order valence-corrected chi connectivity index (χ0v) is 12.4. The largest absolute Gasteiger partial charge is 0.343 e. The number of carbonyl (C=O) groups excluding carboxylic acids is 1. The lowest BCUT2D eigenvalue weighted by atomic mass is 10.0. The maximum Gasteiger partial charge on any atom is 0.219 e. The number of nitrogens with zero attached hydrogens (tertiary/aromatic N) is 5. The molecule has 1 saturated heterocycles. The van der Waals surface area contributed by atoms with Gasteiger partial charge in [-0.05, 0) is 24.8 Å². The average Bonchev–Trinajstić information content (AvgIpc) is 3.09. The normalized spacial score (nSPS) is 18.2. The van der Waals surface area contributed by atoms with Crippen molar-refractivity contribution < 1.29 is 4.79 Å². The highest BCUT2D eigenvalue weighted by Gasteiger charge is 2.24. The molecule has 110 valence electrons. The monoisotopic (exact) mass is 285 g/mol. The quantitative estimate of drug-likeness (QED) is 0.852. The standard InChI is InChI=1S/C15H19N5O/c1-11(21)20-6-4-12(10-20)7-13-8-17-14(9-16-13)15-3-5-18-19(15)2/h3,5,8-9,12H,4,6-7,10H2,1-2H3/t12-/m0/s1. The van der Waals surface area contributed by atoms with Crippen molar-refractivity contribution in [1.82, 2.24) is 24.6 Å². The Morgan fingerprint density at radius 1 is 1.38 bits per heavy atom. The van der Waals surface area contributed by atoms with Gasteiger partial charge in [0, 0.05) is 39.5 Å². The number of aryl methyl sites for hydroxylation is 1. The minimum atomic E-state index is 0.162. The van der Waals surface area contributed by atoms with Crippen LogP contribution in [0.5, 0.6) is 0 Å². The number of aromatic nitrogens is 4. The van der Waals surface area contributed by atoms with E-state index < -0.39 is 0 Å². The summed E-state index contributed by atoms with van der Waals surface area (Å²) in [4.78, 5) is 22.2. The van der Waals surface area contributed by atoms with Crippen molar-refractivity contribution in [1.29, 1.82) is 0 Å². The zero-order valence-electron chi connectivity index (χ0n) is 12.4. The van der Waals surface area contributed by atoms with Crippen molar-refractivity contribution >= 4 is 5.91 Å². The van der Waals surface area contributed by atoms with Crippen LogP contribution in [0.4, 0.5) is 0 Å². The van der Waals surface area contributed by atoms with Gasteiger partial charge in [-0.1, -0.05) is 0 Å². The van der Waals surface area contributed by atoms with Crippen LogP contribution in [0.15, 0.2) is 24.7 Å². The maximum atomic E-state index is 11.3. The fourth-order valence-corrected chi connectivity index (χ4v) is 2.80. The van der Waals surface area contributed by atoms with Crippen LogP contribution < -0.4 is 0 Å². The molecule has 1 aliphatic rings. The Morgan fingerprint density at radius 2 is 2.24 bits per heavy atom. The van der Waals surface area contributed by atoms with E-state index in [1.165, 1.54) is 0 Å². The molecule has 2 aromatic heterocycles. The fraction of sp³-hybridized carbons (Fsp3) is 0.467. The number of carbonyl (C=O) groups is 1. The molecule has 0 unspecified atom stereocenters. The molecule has 21 heavy (non-hydrogen) atoms. The van der Waals surface area contributed by atoms with E-state index in [0.717, 1.165) is 43.0 Å². The summed E-state index contributed by atoms with van der Waals surface area (Å²) < 4.78 is 1.78. The van der Waals surface area contributed by atoms with Crippen LogP contribution in [-0.2, 0) is 18.3 Å². The summed E-state index contributed by atoms with van der Waals surface area (Å²) in [5.74, 6) is 0.654. The lowest BCUT2D eigenvalue weighted by molar-refractivity contribution is -0.127. The minimum absolute atomic E-state index is 0.162. The van der Waals surface area contributed by atoms with E-state index in [2.05, 4.69) is 15.1 Å². The minimum Gasteiger partial charge on any atom is -0.343 e. The Kier molecular flexibility index (Phi) is 3.68. The van der Waals surface area contributed by atoms with E-state index in [1.54, 1.807) is 24.0 Å². The van der Waals surface area contributed by atoms with Gasteiger partial charge < -0.3 is 4.90 Å². The Bertz CT molecular complexity index is 634. The molecule has 0 N–H and O–H groups in total. The third kappa shape index (κ3) is 2.94. The van der Waals surface area contributed by atoms with Crippen molar-refractivity contribution in [2.24, 2.45) is 13.0 Å². The van der Waals surface area contributed by atoms with Crippen molar-refractivity contribution in [2.45, 2.75) is 19.8 Å². The van der Waals surface area contributed by atoms with E-state index in [1.807, 2.05) is 24.2 Å². The van der Waals surface area contributed by atoms with Crippen LogP contribution in [-0.4, -0.2) is 43.6 Å². The van der Waals surface area contributed by atoms with Crippen molar-refractivity contribution in [2.75, 3.05) is 13.1 Å². The highest BCUT2D eigenvalue weighted by atomic mass is 16.2. The number of hydrogen-bond donors (Lipinski definition) is 0. The number of hydrogen-bond acceptors (Lipinski definition) is 4. The Balaban J connectivity index is 1.66. The van der Waals surface area contributed by atoms with Crippen LogP contribution in [0.25, 0.3) is 11.4 Å². The topological polar surface area (TPSA) is 63.9 Å². The summed E-state index contributed by atoms with van der Waals surface area (Å²) in [6, 6.07) is 1.92. The van der Waals surface area contributed by atoms with Gasteiger partial charge in [0.1, 0.15) is 5.69 Å². The molecule has 1 fully saturated rings. The zero-order chi connectivity index (χ0) is 14.8. The van der Waals surface area contributed by atoms with Crippen LogP contribution in [0.3, 0.4) is 0 Å². The summed E-state index contributed by atoms with van der Waals surface area (Å²) in [5, 5.41) is 4.13. The molecule has 6 heteroatoms. The second kappa shape index (κ2) is 5.63. The molecule has 0 aliphatic carbocycles. The molecule has 0 saturated carbocycles. The van der Waals surface area contributed by atoms with Crippen molar-refractivity contribution in [3.8, 4) is 11.4 Å². The first-order valence-electron chi connectivity index (χ1n) is 7.18. The molecule has 1 aliphatic heterocycles. The van der Waals surface area contributed by atoms with E-state index >= 15 is 0 Å². The van der Waals surface area contributed by atoms with Crippen molar-refractivity contribution in [3.63, 3.8) is 0 Å². The van der Waals surface area contributed by atoms with E-state index in [9.17, 15) is 4.79 Å². The van der Waals surface area contributed by atoms with Gasteiger partial charge in [0.05, 0.1) is 17.6 Å². The van der Waals surface area contributed by atoms with Gasteiger partial charge in [-0.25, -0.2) is 0 Å². The van der Waals surface area contributed by atoms with E-state index in [4.69, 9.17) is 0 Å². The van der Waals surface area contributed by atoms with Crippen LogP contribution in [0.2, 0.25) is 0 Å². The lowest BCUT2D eigenvalue weighted by Gasteiger charge is -2.13. The van der Waals surface area contributed by atoms with Gasteiger partial charge >= 0.3 is 0 Å². The lowest BCUT2D eigenvalue weighted by Crippen LogP contribution is -2.26. The molecule has 0 spiro atoms. The third-order valence-electron chi connectivity index (χ3n) is 4.02. The molecule has 1 atom stereocenters. The summed E-state index contributed by atoms with van der Waals surface area (Å²) in [6.07, 6.45) is 7.30. The van der Waals surface area contributed by atoms with Gasteiger partial charge in [-0.2, -0.15) is 5.10 Å². The first-order valence-corrected chi connectivity index (χ1v) is 7.18. The number of likely N-dealkylation sites (tertiary alicyclic amines) is 1. The molecule has 0 aromatic carbocycles. The molecule has 2 aromatic rings. The first-order chi connectivity index (χ1) is 10.1. The van der Waals surface area contributed by atoms with Gasteiger partial charge in [0.15, 0.2) is 0 Å². The number of rotatable bonds is 3. The highest BCUT2D eigenvalue weighted by molar-refractivity contribution is 5.73. The molecule has 0 radical (unpaired) electrons. The Labute approximate surface area is 123 Å². The van der Waals surface area contributed by atoms with Gasteiger partial charge in [-0.15, -0.1) is 0 Å². The van der Waals surface area contributed by atoms with Gasteiger partial charge in [-0.3, -0.25) is 19.4 Å². The first kappa shape index (κ1) is 13.7. The smallest absolute Gasteiger partial charge is 0.219 e. The SMILES string of the molecule is CC(=O)N1CC[C@@H](Cc2cnc(-c3ccnn3C)cn2)C1. The maximum absolute atomic E-state index is 11.3. The van der Waals surface area contributed by atoms with Crippen LogP contribution in [0.1, 0.15) is 19.0 Å². The van der Waals surface area contributed by atoms with E-state index in [-0.39, 0.29) is 5.91 Å². The number of amides is 1. The third-order valence-corrected chi connectivity index (χ3v) is 4.02. The van der Waals surface area contributed by atoms with Crippen molar-refractivity contribution in [3.05, 3.63) is 30.4 Å². The summed E-state index contributed by atoms with van der Waals surface area (Å²) >= 11 is 0. The molecular weight excluding hydrogens is 266 g/mol. The predicted molar refractivity (Wildman–Crippen MR) is 78.3 cm³/mol. The Morgan fingerprint density at radius 3 is 2.81 bits per heavy atom. The van der Waals surface area contributed by atoms with Gasteiger partial charge in [0.2, 0.25) is 5.91 Å². The summed E-state index contributed by atoms with van der Waals surface area (Å²) in [7, 11) is 1.89. The predicted octanol–water partition coefficient (Wildman–Crippen LogP) is 1.29. The molecule has 1 amide bonds.